The third-order valence-corrected chi connectivity index (χ3v) is 4.23. The molecule has 132 valence electrons. The van der Waals surface area contributed by atoms with Crippen molar-refractivity contribution in [1.29, 1.82) is 0 Å². The maximum Gasteiger partial charge on any atom is 0.216 e. The lowest BCUT2D eigenvalue weighted by Gasteiger charge is -2.11. The van der Waals surface area contributed by atoms with Crippen LogP contribution in [0.1, 0.15) is 24.9 Å². The Balaban J connectivity index is 1.47. The second-order valence-electron chi connectivity index (χ2n) is 6.19. The van der Waals surface area contributed by atoms with Gasteiger partial charge in [-0.25, -0.2) is 4.98 Å². The highest BCUT2D eigenvalue weighted by Crippen LogP contribution is 2.23. The van der Waals surface area contributed by atoms with Crippen molar-refractivity contribution in [2.45, 2.75) is 26.2 Å². The molecule has 1 aromatic carbocycles. The van der Waals surface area contributed by atoms with Crippen molar-refractivity contribution in [1.82, 2.24) is 20.2 Å². The van der Waals surface area contributed by atoms with Crippen molar-refractivity contribution >= 4 is 16.6 Å². The first-order chi connectivity index (χ1) is 12.8. The average molecular weight is 347 g/mol. The summed E-state index contributed by atoms with van der Waals surface area (Å²) in [6.45, 7) is 2.93. The molecule has 0 saturated heterocycles. The summed E-state index contributed by atoms with van der Waals surface area (Å²) in [6, 6.07) is 14.1. The summed E-state index contributed by atoms with van der Waals surface area (Å²) >= 11 is 0. The molecule has 3 aromatic heterocycles. The Bertz CT molecular complexity index is 991. The van der Waals surface area contributed by atoms with Crippen molar-refractivity contribution in [3.8, 4) is 11.6 Å². The lowest BCUT2D eigenvalue weighted by molar-refractivity contribution is 0.577. The molecule has 0 aliphatic rings. The molecule has 2 N–H and O–H groups in total. The summed E-state index contributed by atoms with van der Waals surface area (Å²) in [5.41, 5.74) is 3.26. The highest BCUT2D eigenvalue weighted by Gasteiger charge is 2.09. The Morgan fingerprint density at radius 3 is 2.85 bits per heavy atom. The van der Waals surface area contributed by atoms with Crippen molar-refractivity contribution in [3.63, 3.8) is 0 Å². The molecule has 0 aliphatic heterocycles. The molecule has 0 unspecified atom stereocenters. The van der Waals surface area contributed by atoms with E-state index in [9.17, 15) is 0 Å². The second-order valence-corrected chi connectivity index (χ2v) is 6.19. The van der Waals surface area contributed by atoms with E-state index in [1.54, 1.807) is 6.26 Å². The largest absolute Gasteiger partial charge is 0.461 e. The number of hydrogen-bond acceptors (Lipinski definition) is 5. The maximum atomic E-state index is 5.32. The molecule has 0 radical (unpaired) electrons. The van der Waals surface area contributed by atoms with Gasteiger partial charge < -0.3 is 9.73 Å². The zero-order valence-electron chi connectivity index (χ0n) is 14.7. The van der Waals surface area contributed by atoms with Crippen LogP contribution in [-0.2, 0) is 12.8 Å². The number of rotatable bonds is 7. The van der Waals surface area contributed by atoms with Gasteiger partial charge >= 0.3 is 0 Å². The summed E-state index contributed by atoms with van der Waals surface area (Å²) in [7, 11) is 0. The van der Waals surface area contributed by atoms with E-state index in [4.69, 9.17) is 9.40 Å². The number of nitrogens with zero attached hydrogens (tertiary/aromatic N) is 3. The lowest BCUT2D eigenvalue weighted by Crippen LogP contribution is -2.07. The lowest BCUT2D eigenvalue weighted by atomic mass is 10.1. The molecule has 3 heterocycles. The molecule has 4 rings (SSSR count). The van der Waals surface area contributed by atoms with Crippen LogP contribution in [0.15, 0.2) is 53.1 Å². The average Bonchev–Trinajstić information content (AvgIpc) is 3.33. The van der Waals surface area contributed by atoms with Crippen molar-refractivity contribution in [2.24, 2.45) is 0 Å². The number of hydrogen-bond donors (Lipinski definition) is 2. The van der Waals surface area contributed by atoms with Crippen LogP contribution < -0.4 is 5.32 Å². The number of aryl methyl sites for hydroxylation is 1. The summed E-state index contributed by atoms with van der Waals surface area (Å²) in [4.78, 5) is 9.23. The van der Waals surface area contributed by atoms with Crippen LogP contribution in [0.3, 0.4) is 0 Å². The van der Waals surface area contributed by atoms with E-state index in [0.29, 0.717) is 11.6 Å². The van der Waals surface area contributed by atoms with Crippen LogP contribution in [-0.4, -0.2) is 26.7 Å². The van der Waals surface area contributed by atoms with E-state index in [-0.39, 0.29) is 0 Å². The number of nitrogens with one attached hydrogen (secondary N) is 2. The minimum absolute atomic E-state index is 0.588. The number of fused-ring (bicyclic) bond motifs is 1. The van der Waals surface area contributed by atoms with Crippen molar-refractivity contribution in [2.75, 3.05) is 11.9 Å². The van der Waals surface area contributed by atoms with E-state index < -0.39 is 0 Å². The first-order valence-corrected chi connectivity index (χ1v) is 8.91. The topological polar surface area (TPSA) is 79.6 Å². The maximum absolute atomic E-state index is 5.32. The van der Waals surface area contributed by atoms with E-state index in [0.717, 1.165) is 53.9 Å². The van der Waals surface area contributed by atoms with Gasteiger partial charge in [0.2, 0.25) is 5.82 Å². The summed E-state index contributed by atoms with van der Waals surface area (Å²) < 4.78 is 5.32. The fourth-order valence-electron chi connectivity index (χ4n) is 3.00. The standard InChI is InChI=1S/C20H21N5O/c1-2-6-14-13-17(15-7-3-4-8-16(15)22-14)21-11-10-19-23-20(25-24-19)18-9-5-12-26-18/h3-5,7-9,12-13H,2,6,10-11H2,1H3,(H,21,22)(H,23,24,25). The summed E-state index contributed by atoms with van der Waals surface area (Å²) in [6.07, 6.45) is 4.43. The second kappa shape index (κ2) is 7.39. The quantitative estimate of drug-likeness (QED) is 0.523. The fraction of sp³-hybridized carbons (Fsp3) is 0.250. The van der Waals surface area contributed by atoms with Gasteiger partial charge in [0.1, 0.15) is 5.82 Å². The predicted molar refractivity (Wildman–Crippen MR) is 102 cm³/mol. The minimum atomic E-state index is 0.588. The summed E-state index contributed by atoms with van der Waals surface area (Å²) in [5.74, 6) is 2.09. The number of H-pyrrole nitrogens is 1. The Morgan fingerprint density at radius 1 is 1.08 bits per heavy atom. The molecule has 0 amide bonds. The Labute approximate surface area is 151 Å². The molecule has 4 aromatic rings. The Hall–Kier alpha value is -3.15. The Kier molecular flexibility index (Phi) is 4.64. The highest BCUT2D eigenvalue weighted by atomic mass is 16.3. The highest BCUT2D eigenvalue weighted by molar-refractivity contribution is 5.91. The third-order valence-electron chi connectivity index (χ3n) is 4.23. The SMILES string of the molecule is CCCc1cc(NCCc2nc(-c3ccco3)n[nH]2)c2ccccc2n1. The zero-order valence-corrected chi connectivity index (χ0v) is 14.7. The molecule has 0 atom stereocenters. The molecule has 6 nitrogen and oxygen atoms in total. The van der Waals surface area contributed by atoms with Crippen molar-refractivity contribution in [3.05, 3.63) is 60.2 Å². The van der Waals surface area contributed by atoms with Crippen LogP contribution in [0.2, 0.25) is 0 Å². The molecule has 0 bridgehead atoms. The minimum Gasteiger partial charge on any atom is -0.461 e. The van der Waals surface area contributed by atoms with Crippen LogP contribution in [0, 0.1) is 0 Å². The third kappa shape index (κ3) is 3.44. The number of aromatic nitrogens is 4. The molecule has 6 heteroatoms. The van der Waals surface area contributed by atoms with Gasteiger partial charge in [-0.05, 0) is 30.7 Å². The first kappa shape index (κ1) is 16.3. The summed E-state index contributed by atoms with van der Waals surface area (Å²) in [5, 5.41) is 11.8. The molecule has 0 fully saturated rings. The molecule has 0 spiro atoms. The molecule has 0 saturated carbocycles. The van der Waals surface area contributed by atoms with Crippen molar-refractivity contribution < 1.29 is 4.42 Å². The number of anilines is 1. The van der Waals surface area contributed by atoms with E-state index in [1.807, 2.05) is 24.3 Å². The van der Waals surface area contributed by atoms with Crippen LogP contribution >= 0.6 is 0 Å². The number of benzene rings is 1. The monoisotopic (exact) mass is 347 g/mol. The molecular formula is C20H21N5O. The number of furan rings is 1. The first-order valence-electron chi connectivity index (χ1n) is 8.91. The number of pyridine rings is 1. The van der Waals surface area contributed by atoms with Gasteiger partial charge in [0, 0.05) is 29.7 Å². The number of aromatic amines is 1. The molecule has 0 aliphatic carbocycles. The fourth-order valence-corrected chi connectivity index (χ4v) is 3.00. The van der Waals surface area contributed by atoms with Gasteiger partial charge in [-0.15, -0.1) is 0 Å². The van der Waals surface area contributed by atoms with Crippen LogP contribution in [0.4, 0.5) is 5.69 Å². The van der Waals surface area contributed by atoms with E-state index in [1.165, 1.54) is 0 Å². The predicted octanol–water partition coefficient (Wildman–Crippen LogP) is 4.22. The van der Waals surface area contributed by atoms with Gasteiger partial charge in [0.25, 0.3) is 0 Å². The van der Waals surface area contributed by atoms with Gasteiger partial charge in [-0.1, -0.05) is 31.5 Å². The van der Waals surface area contributed by atoms with Gasteiger partial charge in [0.15, 0.2) is 5.76 Å². The Morgan fingerprint density at radius 2 is 2.00 bits per heavy atom. The molecule has 26 heavy (non-hydrogen) atoms. The smallest absolute Gasteiger partial charge is 0.216 e. The van der Waals surface area contributed by atoms with Gasteiger partial charge in [-0.3, -0.25) is 10.1 Å². The van der Waals surface area contributed by atoms with E-state index in [2.05, 4.69) is 45.6 Å². The van der Waals surface area contributed by atoms with Gasteiger partial charge in [-0.2, -0.15) is 5.10 Å². The van der Waals surface area contributed by atoms with Crippen LogP contribution in [0.5, 0.6) is 0 Å². The molecular weight excluding hydrogens is 326 g/mol. The van der Waals surface area contributed by atoms with Crippen LogP contribution in [0.25, 0.3) is 22.5 Å². The normalized spacial score (nSPS) is 11.1. The van der Waals surface area contributed by atoms with Gasteiger partial charge in [0.05, 0.1) is 11.8 Å². The van der Waals surface area contributed by atoms with E-state index >= 15 is 0 Å². The zero-order chi connectivity index (χ0) is 17.8. The number of para-hydroxylation sites is 1.